The van der Waals surface area contributed by atoms with Crippen molar-refractivity contribution in [3.05, 3.63) is 35.9 Å². The Hall–Kier alpha value is -1.24. The number of hydrogen-bond acceptors (Lipinski definition) is 1. The van der Waals surface area contributed by atoms with Gasteiger partial charge in [0.1, 0.15) is 5.75 Å². The van der Waals surface area contributed by atoms with Crippen molar-refractivity contribution < 1.29 is 4.74 Å². The van der Waals surface area contributed by atoms with Crippen LogP contribution in [0.1, 0.15) is 44.7 Å². The van der Waals surface area contributed by atoms with Crippen LogP contribution >= 0.6 is 0 Å². The zero-order valence-electron chi connectivity index (χ0n) is 10.8. The summed E-state index contributed by atoms with van der Waals surface area (Å²) in [6.07, 6.45) is 1.87. The van der Waals surface area contributed by atoms with Crippen LogP contribution in [0.3, 0.4) is 0 Å². The molecule has 0 aromatic heterocycles. The summed E-state index contributed by atoms with van der Waals surface area (Å²) in [5.74, 6) is 2.02. The molecule has 1 aromatic rings. The first kappa shape index (κ1) is 12.8. The maximum atomic E-state index is 5.75. The van der Waals surface area contributed by atoms with E-state index in [1.54, 1.807) is 0 Å². The predicted molar refractivity (Wildman–Crippen MR) is 71.0 cm³/mol. The van der Waals surface area contributed by atoms with Gasteiger partial charge in [-0.1, -0.05) is 46.4 Å². The molecule has 0 aliphatic carbocycles. The van der Waals surface area contributed by atoms with Gasteiger partial charge < -0.3 is 4.74 Å². The van der Waals surface area contributed by atoms with Gasteiger partial charge in [0.25, 0.3) is 0 Å². The zero-order valence-corrected chi connectivity index (χ0v) is 10.8. The normalized spacial score (nSPS) is 10.9. The van der Waals surface area contributed by atoms with Gasteiger partial charge in [0.15, 0.2) is 0 Å². The first-order chi connectivity index (χ1) is 7.52. The van der Waals surface area contributed by atoms with Crippen molar-refractivity contribution in [2.45, 2.75) is 33.6 Å². The monoisotopic (exact) mass is 218 g/mol. The summed E-state index contributed by atoms with van der Waals surface area (Å²) >= 11 is 0. The minimum absolute atomic E-state index is 0.515. The molecular formula is C15H22O. The molecule has 0 fully saturated rings. The third kappa shape index (κ3) is 3.73. The molecule has 88 valence electrons. The lowest BCUT2D eigenvalue weighted by molar-refractivity contribution is 0.270. The summed E-state index contributed by atoms with van der Waals surface area (Å²) in [5.41, 5.74) is 2.43. The maximum absolute atomic E-state index is 5.75. The van der Waals surface area contributed by atoms with Crippen molar-refractivity contribution in [2.24, 2.45) is 5.92 Å². The molecular weight excluding hydrogens is 196 g/mol. The first-order valence-electron chi connectivity index (χ1n) is 5.93. The highest BCUT2D eigenvalue weighted by Gasteiger charge is 2.04. The van der Waals surface area contributed by atoms with E-state index < -0.39 is 0 Å². The van der Waals surface area contributed by atoms with Gasteiger partial charge >= 0.3 is 0 Å². The molecule has 0 aliphatic rings. The van der Waals surface area contributed by atoms with Crippen molar-refractivity contribution in [3.63, 3.8) is 0 Å². The minimum atomic E-state index is 0.515. The van der Waals surface area contributed by atoms with E-state index in [-0.39, 0.29) is 0 Å². The van der Waals surface area contributed by atoms with Crippen LogP contribution < -0.4 is 4.74 Å². The van der Waals surface area contributed by atoms with Gasteiger partial charge in [-0.2, -0.15) is 0 Å². The molecule has 0 amide bonds. The van der Waals surface area contributed by atoms with Gasteiger partial charge in [-0.05, 0) is 35.1 Å². The molecule has 0 saturated heterocycles. The average Bonchev–Trinajstić information content (AvgIpc) is 2.25. The fourth-order valence-corrected chi connectivity index (χ4v) is 1.44. The van der Waals surface area contributed by atoms with Crippen molar-refractivity contribution in [2.75, 3.05) is 6.61 Å². The van der Waals surface area contributed by atoms with Crippen LogP contribution in [0, 0.1) is 5.92 Å². The Balaban J connectivity index is 2.90. The van der Waals surface area contributed by atoms with Crippen molar-refractivity contribution in [1.82, 2.24) is 0 Å². The standard InChI is InChI=1S/C15H22O/c1-6-13-7-14(12(4)5)9-15(8-13)16-10-11(2)3/h6-9,11-12H,1,10H2,2-5H3. The van der Waals surface area contributed by atoms with E-state index in [4.69, 9.17) is 4.74 Å². The lowest BCUT2D eigenvalue weighted by atomic mass is 10.0. The van der Waals surface area contributed by atoms with Gasteiger partial charge in [-0.25, -0.2) is 0 Å². The smallest absolute Gasteiger partial charge is 0.120 e. The van der Waals surface area contributed by atoms with Gasteiger partial charge in [0.05, 0.1) is 6.61 Å². The molecule has 0 heterocycles. The van der Waals surface area contributed by atoms with Crippen LogP contribution in [0.15, 0.2) is 24.8 Å². The Kier molecular flexibility index (Phi) is 4.60. The van der Waals surface area contributed by atoms with Crippen LogP contribution in [-0.2, 0) is 0 Å². The summed E-state index contributed by atoms with van der Waals surface area (Å²) in [6, 6.07) is 6.33. The number of hydrogen-bond donors (Lipinski definition) is 0. The quantitative estimate of drug-likeness (QED) is 0.707. The van der Waals surface area contributed by atoms with Crippen LogP contribution in [0.4, 0.5) is 0 Å². The molecule has 0 spiro atoms. The molecule has 0 atom stereocenters. The van der Waals surface area contributed by atoms with Crippen LogP contribution in [0.25, 0.3) is 6.08 Å². The molecule has 0 unspecified atom stereocenters. The Morgan fingerprint density at radius 2 is 1.88 bits per heavy atom. The lowest BCUT2D eigenvalue weighted by Gasteiger charge is -2.13. The molecule has 0 aliphatic heterocycles. The second kappa shape index (κ2) is 5.74. The molecule has 0 saturated carbocycles. The Bertz CT molecular complexity index is 350. The zero-order chi connectivity index (χ0) is 12.1. The summed E-state index contributed by atoms with van der Waals surface area (Å²) in [5, 5.41) is 0. The van der Waals surface area contributed by atoms with E-state index in [1.807, 2.05) is 12.1 Å². The third-order valence-corrected chi connectivity index (χ3v) is 2.44. The second-order valence-corrected chi connectivity index (χ2v) is 4.90. The molecule has 0 N–H and O–H groups in total. The summed E-state index contributed by atoms with van der Waals surface area (Å²) in [6.45, 7) is 13.3. The van der Waals surface area contributed by atoms with Gasteiger partial charge in [-0.3, -0.25) is 0 Å². The number of rotatable bonds is 5. The predicted octanol–water partition coefficient (Wildman–Crippen LogP) is 4.49. The summed E-state index contributed by atoms with van der Waals surface area (Å²) in [4.78, 5) is 0. The van der Waals surface area contributed by atoms with E-state index >= 15 is 0 Å². The Morgan fingerprint density at radius 3 is 2.38 bits per heavy atom. The lowest BCUT2D eigenvalue weighted by Crippen LogP contribution is -2.05. The van der Waals surface area contributed by atoms with Crippen LogP contribution in [-0.4, -0.2) is 6.61 Å². The fraction of sp³-hybridized carbons (Fsp3) is 0.467. The van der Waals surface area contributed by atoms with E-state index in [0.717, 1.165) is 17.9 Å². The topological polar surface area (TPSA) is 9.23 Å². The van der Waals surface area contributed by atoms with Gasteiger partial charge in [-0.15, -0.1) is 0 Å². The van der Waals surface area contributed by atoms with Crippen LogP contribution in [0.2, 0.25) is 0 Å². The molecule has 16 heavy (non-hydrogen) atoms. The minimum Gasteiger partial charge on any atom is -0.493 e. The molecule has 1 aromatic carbocycles. The molecule has 1 rings (SSSR count). The fourth-order valence-electron chi connectivity index (χ4n) is 1.44. The SMILES string of the molecule is C=Cc1cc(OCC(C)C)cc(C(C)C)c1. The highest BCUT2D eigenvalue weighted by Crippen LogP contribution is 2.24. The Labute approximate surface area is 99.1 Å². The van der Waals surface area contributed by atoms with E-state index in [0.29, 0.717) is 11.8 Å². The maximum Gasteiger partial charge on any atom is 0.120 e. The molecule has 0 bridgehead atoms. The number of ether oxygens (including phenoxy) is 1. The molecule has 1 heteroatoms. The van der Waals surface area contributed by atoms with Gasteiger partial charge in [0.2, 0.25) is 0 Å². The van der Waals surface area contributed by atoms with Gasteiger partial charge in [0, 0.05) is 0 Å². The third-order valence-electron chi connectivity index (χ3n) is 2.44. The van der Waals surface area contributed by atoms with Crippen molar-refractivity contribution >= 4 is 6.08 Å². The van der Waals surface area contributed by atoms with Crippen LogP contribution in [0.5, 0.6) is 5.75 Å². The molecule has 1 nitrogen and oxygen atoms in total. The van der Waals surface area contributed by atoms with E-state index in [2.05, 4.69) is 46.4 Å². The first-order valence-corrected chi connectivity index (χ1v) is 5.93. The largest absolute Gasteiger partial charge is 0.493 e. The average molecular weight is 218 g/mol. The Morgan fingerprint density at radius 1 is 1.19 bits per heavy atom. The van der Waals surface area contributed by atoms with E-state index in [1.165, 1.54) is 5.56 Å². The van der Waals surface area contributed by atoms with Crippen molar-refractivity contribution in [1.29, 1.82) is 0 Å². The molecule has 0 radical (unpaired) electrons. The highest BCUT2D eigenvalue weighted by molar-refractivity contribution is 5.52. The highest BCUT2D eigenvalue weighted by atomic mass is 16.5. The number of benzene rings is 1. The summed E-state index contributed by atoms with van der Waals surface area (Å²) in [7, 11) is 0. The van der Waals surface area contributed by atoms with E-state index in [9.17, 15) is 0 Å². The summed E-state index contributed by atoms with van der Waals surface area (Å²) < 4.78 is 5.75. The second-order valence-electron chi connectivity index (χ2n) is 4.90. The van der Waals surface area contributed by atoms with Crippen molar-refractivity contribution in [3.8, 4) is 5.75 Å².